The van der Waals surface area contributed by atoms with Gasteiger partial charge in [-0.3, -0.25) is 9.59 Å². The Kier molecular flexibility index (Phi) is 7.70. The van der Waals surface area contributed by atoms with Gasteiger partial charge in [0.1, 0.15) is 11.5 Å². The Balaban J connectivity index is 1.26. The predicted molar refractivity (Wildman–Crippen MR) is 137 cm³/mol. The molecule has 4 rings (SSSR count). The second-order valence-corrected chi connectivity index (χ2v) is 7.59. The average molecular weight is 468 g/mol. The molecule has 0 saturated heterocycles. The Hall–Kier alpha value is -4.65. The van der Waals surface area contributed by atoms with E-state index in [0.717, 1.165) is 22.1 Å². The predicted octanol–water partition coefficient (Wildman–Crippen LogP) is 5.02. The molecule has 0 spiro atoms. The fraction of sp³-hybridized carbons (Fsp3) is 0.107. The van der Waals surface area contributed by atoms with Crippen LogP contribution in [0.3, 0.4) is 0 Å². The summed E-state index contributed by atoms with van der Waals surface area (Å²) in [5.74, 6) is 0.745. The maximum atomic E-state index is 12.5. The SMILES string of the molecule is CCOc1ccc(NC(=O)COc2ccc(/C=N\NC(=O)c3cccc4ccccc34)cc2)cc1. The number of ether oxygens (including phenoxy) is 2. The lowest BCUT2D eigenvalue weighted by atomic mass is 10.0. The molecule has 7 heteroatoms. The summed E-state index contributed by atoms with van der Waals surface area (Å²) in [5, 5.41) is 8.69. The summed E-state index contributed by atoms with van der Waals surface area (Å²) in [6, 6.07) is 27.5. The van der Waals surface area contributed by atoms with Crippen LogP contribution in [0.25, 0.3) is 10.8 Å². The molecule has 0 aromatic heterocycles. The summed E-state index contributed by atoms with van der Waals surface area (Å²) < 4.78 is 10.9. The summed E-state index contributed by atoms with van der Waals surface area (Å²) in [4.78, 5) is 24.7. The lowest BCUT2D eigenvalue weighted by Gasteiger charge is -2.09. The van der Waals surface area contributed by atoms with Gasteiger partial charge >= 0.3 is 0 Å². The van der Waals surface area contributed by atoms with Crippen LogP contribution >= 0.6 is 0 Å². The standard InChI is InChI=1S/C28H25N3O4/c1-2-34-23-16-12-22(13-17-23)30-27(32)19-35-24-14-10-20(11-15-24)18-29-31-28(33)26-9-5-7-21-6-3-4-8-25(21)26/h3-18H,2,19H2,1H3,(H,30,32)(H,31,33)/b29-18-. The van der Waals surface area contributed by atoms with Gasteiger partial charge in [-0.05, 0) is 77.9 Å². The number of carbonyl (C=O) groups is 2. The lowest BCUT2D eigenvalue weighted by Crippen LogP contribution is -2.20. The molecule has 4 aromatic rings. The maximum Gasteiger partial charge on any atom is 0.271 e. The van der Waals surface area contributed by atoms with Crippen molar-refractivity contribution in [3.05, 3.63) is 102 Å². The van der Waals surface area contributed by atoms with Gasteiger partial charge in [0.05, 0.1) is 12.8 Å². The average Bonchev–Trinajstić information content (AvgIpc) is 2.89. The van der Waals surface area contributed by atoms with Crippen LogP contribution in [0, 0.1) is 0 Å². The van der Waals surface area contributed by atoms with Crippen LogP contribution in [-0.2, 0) is 4.79 Å². The Labute approximate surface area is 203 Å². The first-order chi connectivity index (χ1) is 17.1. The summed E-state index contributed by atoms with van der Waals surface area (Å²) >= 11 is 0. The number of fused-ring (bicyclic) bond motifs is 1. The van der Waals surface area contributed by atoms with Crippen molar-refractivity contribution in [2.24, 2.45) is 5.10 Å². The van der Waals surface area contributed by atoms with Crippen LogP contribution in [0.5, 0.6) is 11.5 Å². The minimum atomic E-state index is -0.281. The van der Waals surface area contributed by atoms with E-state index in [1.165, 1.54) is 0 Å². The molecule has 0 aliphatic rings. The third-order valence-electron chi connectivity index (χ3n) is 5.11. The third-order valence-corrected chi connectivity index (χ3v) is 5.11. The van der Waals surface area contributed by atoms with E-state index < -0.39 is 0 Å². The second-order valence-electron chi connectivity index (χ2n) is 7.59. The Morgan fingerprint density at radius 2 is 1.51 bits per heavy atom. The number of hydrazone groups is 1. The van der Waals surface area contributed by atoms with Crippen LogP contribution < -0.4 is 20.2 Å². The third kappa shape index (κ3) is 6.45. The van der Waals surface area contributed by atoms with Crippen LogP contribution in [0.1, 0.15) is 22.8 Å². The molecule has 0 bridgehead atoms. The minimum Gasteiger partial charge on any atom is -0.494 e. The zero-order valence-electron chi connectivity index (χ0n) is 19.2. The summed E-state index contributed by atoms with van der Waals surface area (Å²) in [7, 11) is 0. The van der Waals surface area contributed by atoms with Gasteiger partial charge in [0, 0.05) is 11.3 Å². The smallest absolute Gasteiger partial charge is 0.271 e. The van der Waals surface area contributed by atoms with E-state index in [4.69, 9.17) is 9.47 Å². The molecule has 2 N–H and O–H groups in total. The summed E-state index contributed by atoms with van der Waals surface area (Å²) in [5.41, 5.74) is 4.57. The number of hydrogen-bond acceptors (Lipinski definition) is 5. The first-order valence-electron chi connectivity index (χ1n) is 11.2. The van der Waals surface area contributed by atoms with E-state index in [-0.39, 0.29) is 18.4 Å². The van der Waals surface area contributed by atoms with Crippen LogP contribution in [0.4, 0.5) is 5.69 Å². The Morgan fingerprint density at radius 3 is 2.29 bits per heavy atom. The molecule has 176 valence electrons. The highest BCUT2D eigenvalue weighted by atomic mass is 16.5. The van der Waals surface area contributed by atoms with Crippen molar-refractivity contribution in [3.8, 4) is 11.5 Å². The zero-order chi connectivity index (χ0) is 24.5. The van der Waals surface area contributed by atoms with E-state index in [0.29, 0.717) is 23.6 Å². The summed E-state index contributed by atoms with van der Waals surface area (Å²) in [6.07, 6.45) is 1.55. The van der Waals surface area contributed by atoms with Gasteiger partial charge in [-0.1, -0.05) is 36.4 Å². The van der Waals surface area contributed by atoms with Crippen LogP contribution in [0.2, 0.25) is 0 Å². The molecule has 0 radical (unpaired) electrons. The van der Waals surface area contributed by atoms with Gasteiger partial charge in [0.25, 0.3) is 11.8 Å². The monoisotopic (exact) mass is 467 g/mol. The van der Waals surface area contributed by atoms with Crippen molar-refractivity contribution in [2.75, 3.05) is 18.5 Å². The van der Waals surface area contributed by atoms with Crippen molar-refractivity contribution >= 4 is 34.5 Å². The lowest BCUT2D eigenvalue weighted by molar-refractivity contribution is -0.118. The molecule has 35 heavy (non-hydrogen) atoms. The highest BCUT2D eigenvalue weighted by Gasteiger charge is 2.08. The van der Waals surface area contributed by atoms with Gasteiger partial charge in [0.15, 0.2) is 6.61 Å². The number of nitrogens with one attached hydrogen (secondary N) is 2. The van der Waals surface area contributed by atoms with Gasteiger partial charge in [-0.25, -0.2) is 5.43 Å². The number of anilines is 1. The van der Waals surface area contributed by atoms with Crippen molar-refractivity contribution in [2.45, 2.75) is 6.92 Å². The van der Waals surface area contributed by atoms with E-state index in [9.17, 15) is 9.59 Å². The van der Waals surface area contributed by atoms with Crippen molar-refractivity contribution in [3.63, 3.8) is 0 Å². The molecule has 4 aromatic carbocycles. The molecule has 0 saturated carbocycles. The topological polar surface area (TPSA) is 89.0 Å². The number of rotatable bonds is 9. The van der Waals surface area contributed by atoms with Gasteiger partial charge in [-0.15, -0.1) is 0 Å². The molecule has 0 unspecified atom stereocenters. The first-order valence-corrected chi connectivity index (χ1v) is 11.2. The number of benzene rings is 4. The van der Waals surface area contributed by atoms with Crippen LogP contribution in [0.15, 0.2) is 96.1 Å². The van der Waals surface area contributed by atoms with E-state index in [2.05, 4.69) is 15.8 Å². The molecule has 0 atom stereocenters. The van der Waals surface area contributed by atoms with Crippen molar-refractivity contribution in [1.29, 1.82) is 0 Å². The maximum absolute atomic E-state index is 12.5. The Bertz CT molecular complexity index is 1330. The van der Waals surface area contributed by atoms with Gasteiger partial charge in [-0.2, -0.15) is 5.10 Å². The number of nitrogens with zero attached hydrogens (tertiary/aromatic N) is 1. The normalized spacial score (nSPS) is 10.8. The minimum absolute atomic E-state index is 0.123. The number of carbonyl (C=O) groups excluding carboxylic acids is 2. The number of amides is 2. The van der Waals surface area contributed by atoms with Gasteiger partial charge < -0.3 is 14.8 Å². The molecular weight excluding hydrogens is 442 g/mol. The molecule has 0 aliphatic heterocycles. The molecule has 0 heterocycles. The van der Waals surface area contributed by atoms with Crippen molar-refractivity contribution < 1.29 is 19.1 Å². The quantitative estimate of drug-likeness (QED) is 0.267. The molecule has 2 amide bonds. The van der Waals surface area contributed by atoms with E-state index in [1.54, 1.807) is 60.8 Å². The summed E-state index contributed by atoms with van der Waals surface area (Å²) in [6.45, 7) is 2.38. The molecule has 7 nitrogen and oxygen atoms in total. The fourth-order valence-corrected chi connectivity index (χ4v) is 3.45. The van der Waals surface area contributed by atoms with Crippen LogP contribution in [-0.4, -0.2) is 31.2 Å². The zero-order valence-corrected chi connectivity index (χ0v) is 19.2. The first kappa shape index (κ1) is 23.5. The Morgan fingerprint density at radius 1 is 0.829 bits per heavy atom. The van der Waals surface area contributed by atoms with E-state index >= 15 is 0 Å². The van der Waals surface area contributed by atoms with E-state index in [1.807, 2.05) is 43.3 Å². The molecule has 0 aliphatic carbocycles. The largest absolute Gasteiger partial charge is 0.494 e. The fourth-order valence-electron chi connectivity index (χ4n) is 3.45. The van der Waals surface area contributed by atoms with Gasteiger partial charge in [0.2, 0.25) is 0 Å². The highest BCUT2D eigenvalue weighted by Crippen LogP contribution is 2.18. The highest BCUT2D eigenvalue weighted by molar-refractivity contribution is 6.07. The molecule has 0 fully saturated rings. The second kappa shape index (κ2) is 11.5. The molecular formula is C28H25N3O4. The van der Waals surface area contributed by atoms with Crippen molar-refractivity contribution in [1.82, 2.24) is 5.43 Å². The number of hydrogen-bond donors (Lipinski definition) is 2.